The fourth-order valence-electron chi connectivity index (χ4n) is 2.34. The van der Waals surface area contributed by atoms with E-state index in [1.54, 1.807) is 37.7 Å². The van der Waals surface area contributed by atoms with Gasteiger partial charge in [-0.1, -0.05) is 6.07 Å². The molecule has 3 aromatic rings. The van der Waals surface area contributed by atoms with Gasteiger partial charge in [0, 0.05) is 28.9 Å². The number of pyridine rings is 1. The molecule has 0 saturated heterocycles. The maximum Gasteiger partial charge on any atom is 0.140 e. The molecule has 110 valence electrons. The van der Waals surface area contributed by atoms with E-state index in [9.17, 15) is 5.26 Å². The van der Waals surface area contributed by atoms with Gasteiger partial charge in [-0.15, -0.1) is 0 Å². The number of methoxy groups -OCH3 is 1. The number of aromatic amines is 1. The van der Waals surface area contributed by atoms with Crippen LogP contribution in [-0.4, -0.2) is 17.1 Å². The van der Waals surface area contributed by atoms with Crippen LogP contribution < -0.4 is 4.74 Å². The Morgan fingerprint density at radius 2 is 2.13 bits per heavy atom. The van der Waals surface area contributed by atoms with E-state index in [1.165, 1.54) is 0 Å². The molecule has 23 heavy (non-hydrogen) atoms. The Balaban J connectivity index is 2.08. The van der Waals surface area contributed by atoms with Gasteiger partial charge in [-0.3, -0.25) is 0 Å². The van der Waals surface area contributed by atoms with Gasteiger partial charge in [0.1, 0.15) is 17.5 Å². The van der Waals surface area contributed by atoms with Crippen molar-refractivity contribution in [2.75, 3.05) is 7.11 Å². The fraction of sp³-hybridized carbons (Fsp3) is 0.0556. The minimum atomic E-state index is 0.345. The summed E-state index contributed by atoms with van der Waals surface area (Å²) in [6.45, 7) is 0. The maximum absolute atomic E-state index is 9.51. The van der Waals surface area contributed by atoms with Crippen LogP contribution in [0, 0.1) is 22.7 Å². The third-order valence-electron chi connectivity index (χ3n) is 3.51. The summed E-state index contributed by atoms with van der Waals surface area (Å²) >= 11 is 0. The molecule has 5 heteroatoms. The molecule has 0 aliphatic rings. The second-order valence-electron chi connectivity index (χ2n) is 4.87. The zero-order chi connectivity index (χ0) is 16.2. The molecule has 0 spiro atoms. The van der Waals surface area contributed by atoms with Gasteiger partial charge in [0.25, 0.3) is 0 Å². The first-order valence-corrected chi connectivity index (χ1v) is 6.88. The molecule has 0 unspecified atom stereocenters. The van der Waals surface area contributed by atoms with Crippen molar-refractivity contribution in [2.45, 2.75) is 0 Å². The van der Waals surface area contributed by atoms with Crippen LogP contribution in [0.3, 0.4) is 0 Å². The highest BCUT2D eigenvalue weighted by atomic mass is 16.5. The average Bonchev–Trinajstić information content (AvgIpc) is 3.03. The van der Waals surface area contributed by atoms with Gasteiger partial charge in [-0.2, -0.15) is 10.5 Å². The predicted molar refractivity (Wildman–Crippen MR) is 87.3 cm³/mol. The number of nitrogens with one attached hydrogen (secondary N) is 1. The Bertz CT molecular complexity index is 969. The smallest absolute Gasteiger partial charge is 0.140 e. The van der Waals surface area contributed by atoms with E-state index in [4.69, 9.17) is 10.00 Å². The molecule has 0 bridgehead atoms. The minimum Gasteiger partial charge on any atom is -0.497 e. The first-order valence-electron chi connectivity index (χ1n) is 6.88. The van der Waals surface area contributed by atoms with E-state index < -0.39 is 0 Å². The molecular formula is C18H12N4O. The van der Waals surface area contributed by atoms with E-state index in [0.29, 0.717) is 11.3 Å². The average molecular weight is 300 g/mol. The summed E-state index contributed by atoms with van der Waals surface area (Å²) in [5.41, 5.74) is 3.34. The van der Waals surface area contributed by atoms with Gasteiger partial charge in [-0.05, 0) is 35.9 Å². The lowest BCUT2D eigenvalue weighted by molar-refractivity contribution is 0.415. The van der Waals surface area contributed by atoms with Crippen LogP contribution in [0.1, 0.15) is 16.8 Å². The van der Waals surface area contributed by atoms with Crippen LogP contribution in [0.15, 0.2) is 42.7 Å². The van der Waals surface area contributed by atoms with Gasteiger partial charge in [0.15, 0.2) is 0 Å². The predicted octanol–water partition coefficient (Wildman–Crippen LogP) is 3.51. The quantitative estimate of drug-likeness (QED) is 0.750. The topological polar surface area (TPSA) is 85.5 Å². The summed E-state index contributed by atoms with van der Waals surface area (Å²) in [4.78, 5) is 7.16. The van der Waals surface area contributed by atoms with E-state index in [2.05, 4.69) is 16.0 Å². The van der Waals surface area contributed by atoms with Crippen LogP contribution in [0.4, 0.5) is 0 Å². The number of nitriles is 2. The van der Waals surface area contributed by atoms with Crippen LogP contribution in [0.2, 0.25) is 0 Å². The zero-order valence-corrected chi connectivity index (χ0v) is 12.4. The SMILES string of the molecule is COc1ccc2[nH]cc(/C(C#N)=C/c3ccc(C#N)nc3)c2c1. The fourth-order valence-corrected chi connectivity index (χ4v) is 2.34. The van der Waals surface area contributed by atoms with E-state index in [0.717, 1.165) is 27.8 Å². The van der Waals surface area contributed by atoms with Crippen molar-refractivity contribution in [3.63, 3.8) is 0 Å². The van der Waals surface area contributed by atoms with Crippen molar-refractivity contribution < 1.29 is 4.74 Å². The number of allylic oxidation sites excluding steroid dienone is 1. The summed E-state index contributed by atoms with van der Waals surface area (Å²) < 4.78 is 5.25. The van der Waals surface area contributed by atoms with Crippen molar-refractivity contribution >= 4 is 22.6 Å². The molecule has 2 aromatic heterocycles. The summed E-state index contributed by atoms with van der Waals surface area (Å²) in [6.07, 6.45) is 5.12. The Morgan fingerprint density at radius 3 is 2.78 bits per heavy atom. The van der Waals surface area contributed by atoms with Crippen molar-refractivity contribution in [2.24, 2.45) is 0 Å². The molecule has 2 heterocycles. The highest BCUT2D eigenvalue weighted by molar-refractivity contribution is 6.01. The molecule has 0 saturated carbocycles. The van der Waals surface area contributed by atoms with E-state index >= 15 is 0 Å². The van der Waals surface area contributed by atoms with Gasteiger partial charge >= 0.3 is 0 Å². The Labute approximate surface area is 133 Å². The number of fused-ring (bicyclic) bond motifs is 1. The Morgan fingerprint density at radius 1 is 1.26 bits per heavy atom. The van der Waals surface area contributed by atoms with Crippen molar-refractivity contribution in [1.82, 2.24) is 9.97 Å². The normalized spacial score (nSPS) is 11.0. The summed E-state index contributed by atoms with van der Waals surface area (Å²) in [7, 11) is 1.61. The van der Waals surface area contributed by atoms with Crippen LogP contribution in [0.25, 0.3) is 22.6 Å². The highest BCUT2D eigenvalue weighted by Gasteiger charge is 2.10. The highest BCUT2D eigenvalue weighted by Crippen LogP contribution is 2.29. The largest absolute Gasteiger partial charge is 0.497 e. The number of H-pyrrole nitrogens is 1. The van der Waals surface area contributed by atoms with Crippen molar-refractivity contribution in [3.8, 4) is 17.9 Å². The van der Waals surface area contributed by atoms with Crippen molar-refractivity contribution in [1.29, 1.82) is 10.5 Å². The van der Waals surface area contributed by atoms with E-state index in [-0.39, 0.29) is 0 Å². The van der Waals surface area contributed by atoms with Crippen LogP contribution >= 0.6 is 0 Å². The number of benzene rings is 1. The third-order valence-corrected chi connectivity index (χ3v) is 3.51. The van der Waals surface area contributed by atoms with Gasteiger partial charge in [-0.25, -0.2) is 4.98 Å². The zero-order valence-electron chi connectivity index (χ0n) is 12.4. The lowest BCUT2D eigenvalue weighted by Crippen LogP contribution is -1.85. The molecule has 0 fully saturated rings. The molecule has 1 aromatic carbocycles. The molecule has 1 N–H and O–H groups in total. The lowest BCUT2D eigenvalue weighted by atomic mass is 10.0. The summed E-state index contributed by atoms with van der Waals surface area (Å²) in [5, 5.41) is 19.2. The third kappa shape index (κ3) is 2.76. The summed E-state index contributed by atoms with van der Waals surface area (Å²) in [5.74, 6) is 0.732. The van der Waals surface area contributed by atoms with Gasteiger partial charge in [0.2, 0.25) is 0 Å². The molecule has 3 rings (SSSR count). The standard InChI is InChI=1S/C18H12N4O/c1-23-15-4-5-18-16(7-15)17(11-22-18)13(8-19)6-12-2-3-14(9-20)21-10-12/h2-7,10-11,22H,1H3/b13-6+. The number of nitrogens with zero attached hydrogens (tertiary/aromatic N) is 3. The Kier molecular flexibility index (Phi) is 3.78. The number of aromatic nitrogens is 2. The van der Waals surface area contributed by atoms with Crippen LogP contribution in [-0.2, 0) is 0 Å². The molecule has 0 atom stereocenters. The monoisotopic (exact) mass is 300 g/mol. The molecule has 0 amide bonds. The van der Waals surface area contributed by atoms with Gasteiger partial charge in [0.05, 0.1) is 18.8 Å². The number of hydrogen-bond acceptors (Lipinski definition) is 4. The van der Waals surface area contributed by atoms with Crippen molar-refractivity contribution in [3.05, 3.63) is 59.5 Å². The summed E-state index contributed by atoms with van der Waals surface area (Å²) in [6, 6.07) is 13.2. The molecule has 0 radical (unpaired) electrons. The number of hydrogen-bond donors (Lipinski definition) is 1. The second kappa shape index (κ2) is 6.05. The molecule has 0 aliphatic carbocycles. The lowest BCUT2D eigenvalue weighted by Gasteiger charge is -2.01. The molecule has 5 nitrogen and oxygen atoms in total. The van der Waals surface area contributed by atoms with E-state index in [1.807, 2.05) is 24.3 Å². The number of rotatable bonds is 3. The molecular weight excluding hydrogens is 288 g/mol. The Hall–Kier alpha value is -3.57. The van der Waals surface area contributed by atoms with Gasteiger partial charge < -0.3 is 9.72 Å². The maximum atomic E-state index is 9.51. The number of ether oxygens (including phenoxy) is 1. The first-order chi connectivity index (χ1) is 11.2. The van der Waals surface area contributed by atoms with Crippen LogP contribution in [0.5, 0.6) is 5.75 Å². The second-order valence-corrected chi connectivity index (χ2v) is 4.87. The minimum absolute atomic E-state index is 0.345. The first kappa shape index (κ1) is 14.4. The molecule has 0 aliphatic heterocycles.